The van der Waals surface area contributed by atoms with Crippen LogP contribution in [0.2, 0.25) is 0 Å². The highest BCUT2D eigenvalue weighted by Gasteiger charge is 2.36. The van der Waals surface area contributed by atoms with Crippen molar-refractivity contribution in [2.75, 3.05) is 0 Å². The third-order valence-electron chi connectivity index (χ3n) is 11.2. The predicted octanol–water partition coefficient (Wildman–Crippen LogP) is 12.5. The van der Waals surface area contributed by atoms with Crippen LogP contribution in [0, 0.1) is 11.3 Å². The molecular weight excluding hydrogens is 721 g/mol. The maximum absolute atomic E-state index is 9.75. The van der Waals surface area contributed by atoms with E-state index >= 15 is 0 Å². The number of nitriles is 1. The summed E-state index contributed by atoms with van der Waals surface area (Å²) in [5, 5.41) is 9.75. The minimum atomic E-state index is -0.296. The van der Waals surface area contributed by atoms with Crippen molar-refractivity contribution in [3.8, 4) is 96.1 Å². The fraction of sp³-hybridized carbons (Fsp3) is 0.0566. The van der Waals surface area contributed by atoms with Gasteiger partial charge in [0.25, 0.3) is 0 Å². The molecule has 0 spiro atoms. The molecule has 0 atom stereocenters. The summed E-state index contributed by atoms with van der Waals surface area (Å²) in [6.45, 7) is 4.49. The van der Waals surface area contributed by atoms with Crippen LogP contribution in [-0.4, -0.2) is 24.9 Å². The summed E-state index contributed by atoms with van der Waals surface area (Å²) >= 11 is 0. The van der Waals surface area contributed by atoms with Gasteiger partial charge in [-0.2, -0.15) is 5.26 Å². The van der Waals surface area contributed by atoms with Crippen molar-refractivity contribution in [3.05, 3.63) is 199 Å². The molecule has 0 unspecified atom stereocenters. The molecule has 59 heavy (non-hydrogen) atoms. The van der Waals surface area contributed by atoms with Gasteiger partial charge in [-0.15, -0.1) is 0 Å². The summed E-state index contributed by atoms with van der Waals surface area (Å²) in [4.78, 5) is 24.8. The number of hydrogen-bond donors (Lipinski definition) is 0. The Labute approximate surface area is 343 Å². The largest absolute Gasteiger partial charge is 0.255 e. The van der Waals surface area contributed by atoms with Crippen molar-refractivity contribution in [2.24, 2.45) is 0 Å². The van der Waals surface area contributed by atoms with Crippen molar-refractivity contribution in [2.45, 2.75) is 19.3 Å². The van der Waals surface area contributed by atoms with Crippen LogP contribution in [0.4, 0.5) is 0 Å². The van der Waals surface area contributed by atoms with Crippen molar-refractivity contribution in [1.82, 2.24) is 24.9 Å². The zero-order chi connectivity index (χ0) is 39.9. The molecule has 1 aliphatic rings. The number of aromatic nitrogens is 5. The van der Waals surface area contributed by atoms with E-state index in [1.54, 1.807) is 12.4 Å². The van der Waals surface area contributed by atoms with Gasteiger partial charge >= 0.3 is 0 Å². The fourth-order valence-electron chi connectivity index (χ4n) is 8.15. The van der Waals surface area contributed by atoms with Crippen LogP contribution in [0.1, 0.15) is 30.5 Å². The number of benzene rings is 5. The average molecular weight is 757 g/mol. The SMILES string of the molecule is CC1(C)c2cc(C#N)ccc2-c2ccc(-c3cc(-c4cc(-c5ccccn5)nc(-c5ccccn5)c4)cc(-c4cc(-c5ccccc5)nc(-c5ccccc5)n4)c3)cc21. The quantitative estimate of drug-likeness (QED) is 0.161. The highest BCUT2D eigenvalue weighted by molar-refractivity contribution is 5.88. The Hall–Kier alpha value is -7.88. The van der Waals surface area contributed by atoms with Crippen molar-refractivity contribution < 1.29 is 0 Å². The second kappa shape index (κ2) is 14.6. The highest BCUT2D eigenvalue weighted by atomic mass is 14.9. The molecule has 6 heteroatoms. The van der Waals surface area contributed by atoms with Crippen LogP contribution in [0.25, 0.3) is 90.1 Å². The van der Waals surface area contributed by atoms with Crippen LogP contribution in [0.5, 0.6) is 0 Å². The molecule has 4 aromatic heterocycles. The molecule has 9 aromatic rings. The Morgan fingerprint density at radius 1 is 0.390 bits per heavy atom. The normalized spacial score (nSPS) is 12.4. The first-order chi connectivity index (χ1) is 28.9. The lowest BCUT2D eigenvalue weighted by Crippen LogP contribution is -2.15. The van der Waals surface area contributed by atoms with Gasteiger partial charge < -0.3 is 0 Å². The lowest BCUT2D eigenvalue weighted by atomic mass is 9.81. The monoisotopic (exact) mass is 756 g/mol. The predicted molar refractivity (Wildman–Crippen MR) is 236 cm³/mol. The van der Waals surface area contributed by atoms with Gasteiger partial charge in [0.05, 0.1) is 45.8 Å². The van der Waals surface area contributed by atoms with Gasteiger partial charge in [-0.3, -0.25) is 9.97 Å². The fourth-order valence-corrected chi connectivity index (χ4v) is 8.15. The molecule has 0 saturated heterocycles. The third-order valence-corrected chi connectivity index (χ3v) is 11.2. The Balaban J connectivity index is 1.21. The number of hydrogen-bond acceptors (Lipinski definition) is 6. The zero-order valence-electron chi connectivity index (χ0n) is 32.5. The lowest BCUT2D eigenvalue weighted by Gasteiger charge is -2.22. The van der Waals surface area contributed by atoms with E-state index in [4.69, 9.17) is 15.0 Å². The summed E-state index contributed by atoms with van der Waals surface area (Å²) in [6.07, 6.45) is 3.59. The van der Waals surface area contributed by atoms with E-state index in [1.165, 1.54) is 22.3 Å². The molecule has 278 valence electrons. The van der Waals surface area contributed by atoms with Gasteiger partial charge in [0.15, 0.2) is 5.82 Å². The summed E-state index contributed by atoms with van der Waals surface area (Å²) in [7, 11) is 0. The van der Waals surface area contributed by atoms with Gasteiger partial charge in [-0.05, 0) is 123 Å². The molecule has 5 aromatic carbocycles. The van der Waals surface area contributed by atoms with Crippen molar-refractivity contribution in [1.29, 1.82) is 5.26 Å². The van der Waals surface area contributed by atoms with Gasteiger partial charge in [-0.1, -0.05) is 105 Å². The van der Waals surface area contributed by atoms with Crippen molar-refractivity contribution in [3.63, 3.8) is 0 Å². The van der Waals surface area contributed by atoms with Crippen LogP contribution in [0.3, 0.4) is 0 Å². The summed E-state index contributed by atoms with van der Waals surface area (Å²) < 4.78 is 0. The van der Waals surface area contributed by atoms with Crippen LogP contribution < -0.4 is 0 Å². The standard InChI is InChI=1S/C53H36N6/c1-53(2)44-25-34(33-54)19-21-42(44)43-22-20-37(29-45(43)53)38-26-39(40-30-50(46-17-9-11-23-55-46)57-51(31-40)47-18-10-12-24-56-47)28-41(27-38)49-32-48(35-13-5-3-6-14-35)58-52(59-49)36-15-7-4-8-16-36/h3-32H,1-2H3. The Kier molecular flexibility index (Phi) is 8.77. The van der Waals surface area contributed by atoms with Gasteiger partial charge in [0, 0.05) is 34.5 Å². The number of nitrogens with zero attached hydrogens (tertiary/aromatic N) is 6. The molecule has 0 saturated carbocycles. The molecule has 10 rings (SSSR count). The number of rotatable bonds is 7. The summed E-state index contributed by atoms with van der Waals surface area (Å²) in [6, 6.07) is 60.3. The smallest absolute Gasteiger partial charge is 0.160 e. The molecule has 0 N–H and O–H groups in total. The molecule has 1 aliphatic carbocycles. The first-order valence-electron chi connectivity index (χ1n) is 19.6. The van der Waals surface area contributed by atoms with Crippen molar-refractivity contribution >= 4 is 0 Å². The van der Waals surface area contributed by atoms with Gasteiger partial charge in [-0.25, -0.2) is 15.0 Å². The highest BCUT2D eigenvalue weighted by Crippen LogP contribution is 2.50. The summed E-state index contributed by atoms with van der Waals surface area (Å²) in [5.41, 5.74) is 16.9. The first-order valence-corrected chi connectivity index (χ1v) is 19.6. The second-order valence-corrected chi connectivity index (χ2v) is 15.3. The molecular formula is C53H36N6. The van der Waals surface area contributed by atoms with E-state index in [1.807, 2.05) is 84.9 Å². The molecule has 0 aliphatic heterocycles. The Morgan fingerprint density at radius 3 is 1.53 bits per heavy atom. The van der Waals surface area contributed by atoms with E-state index in [0.29, 0.717) is 11.4 Å². The van der Waals surface area contributed by atoms with Crippen LogP contribution in [0.15, 0.2) is 182 Å². The topological polar surface area (TPSA) is 88.2 Å². The maximum Gasteiger partial charge on any atom is 0.160 e. The molecule has 0 radical (unpaired) electrons. The maximum atomic E-state index is 9.75. The number of fused-ring (bicyclic) bond motifs is 3. The average Bonchev–Trinajstić information content (AvgIpc) is 3.54. The minimum Gasteiger partial charge on any atom is -0.255 e. The van der Waals surface area contributed by atoms with Crippen LogP contribution >= 0.6 is 0 Å². The van der Waals surface area contributed by atoms with E-state index in [2.05, 4.69) is 115 Å². The molecule has 4 heterocycles. The van der Waals surface area contributed by atoms with Gasteiger partial charge in [0.1, 0.15) is 0 Å². The Morgan fingerprint density at radius 2 is 0.915 bits per heavy atom. The van der Waals surface area contributed by atoms with Crippen LogP contribution in [-0.2, 0) is 5.41 Å². The molecule has 6 nitrogen and oxygen atoms in total. The zero-order valence-corrected chi connectivity index (χ0v) is 32.5. The minimum absolute atomic E-state index is 0.296. The third kappa shape index (κ3) is 6.65. The first kappa shape index (κ1) is 35.5. The van der Waals surface area contributed by atoms with E-state index in [9.17, 15) is 5.26 Å². The molecule has 0 fully saturated rings. The second-order valence-electron chi connectivity index (χ2n) is 15.3. The summed E-state index contributed by atoms with van der Waals surface area (Å²) in [5.74, 6) is 0.654. The molecule has 0 amide bonds. The van der Waals surface area contributed by atoms with E-state index < -0.39 is 0 Å². The molecule has 0 bridgehead atoms. The Bertz CT molecular complexity index is 2800. The van der Waals surface area contributed by atoms with Gasteiger partial charge in [0.2, 0.25) is 0 Å². The van der Waals surface area contributed by atoms with E-state index in [0.717, 1.165) is 73.1 Å². The number of pyridine rings is 3. The lowest BCUT2D eigenvalue weighted by molar-refractivity contribution is 0.660. The van der Waals surface area contributed by atoms with E-state index in [-0.39, 0.29) is 5.41 Å².